The van der Waals surface area contributed by atoms with Gasteiger partial charge < -0.3 is 58.3 Å². The topological polar surface area (TPSA) is 155 Å². The summed E-state index contributed by atoms with van der Waals surface area (Å²) >= 11 is 0. The Bertz CT molecular complexity index is 1630. The number of rotatable bonds is 15. The second-order valence-corrected chi connectivity index (χ2v) is 16.2. The fraction of sp³-hybridized carbons (Fsp3) is 0.500. The lowest BCUT2D eigenvalue weighted by Crippen LogP contribution is -2.56. The molecule has 60 heavy (non-hydrogen) atoms. The van der Waals surface area contributed by atoms with Crippen molar-refractivity contribution in [3.05, 3.63) is 119 Å². The zero-order chi connectivity index (χ0) is 41.4. The molecule has 4 aliphatic heterocycles. The van der Waals surface area contributed by atoms with E-state index >= 15 is 0 Å². The lowest BCUT2D eigenvalue weighted by Gasteiger charge is -2.43. The highest BCUT2D eigenvalue weighted by molar-refractivity contribution is 5.46. The molecule has 0 amide bonds. The summed E-state index contributed by atoms with van der Waals surface area (Å²) in [5.74, 6) is 2.10. The molecule has 4 saturated heterocycles. The number of hydrogen-bond acceptors (Lipinski definition) is 12. The van der Waals surface area contributed by atoms with Crippen LogP contribution in [0.5, 0.6) is 23.0 Å². The van der Waals surface area contributed by atoms with Crippen molar-refractivity contribution in [2.45, 2.75) is 126 Å². The van der Waals surface area contributed by atoms with Crippen LogP contribution in [-0.2, 0) is 30.1 Å². The van der Waals surface area contributed by atoms with Crippen LogP contribution >= 0.6 is 0 Å². The summed E-state index contributed by atoms with van der Waals surface area (Å²) in [5, 5.41) is 51.1. The molecule has 8 rings (SSSR count). The lowest BCUT2D eigenvalue weighted by atomic mass is 9.72. The summed E-state index contributed by atoms with van der Waals surface area (Å²) in [7, 11) is 0. The number of aliphatic hydroxyl groups is 4. The normalized spacial score (nSPS) is 25.5. The van der Waals surface area contributed by atoms with Crippen LogP contribution < -0.4 is 18.9 Å². The van der Waals surface area contributed by atoms with Gasteiger partial charge in [0.05, 0.1) is 26.4 Å². The molecule has 322 valence electrons. The fourth-order valence-corrected chi connectivity index (χ4v) is 8.45. The van der Waals surface area contributed by atoms with Gasteiger partial charge in [0.1, 0.15) is 46.4 Å². The summed E-state index contributed by atoms with van der Waals surface area (Å²) in [6, 6.07) is 26.8. The molecule has 12 nitrogen and oxygen atoms in total. The van der Waals surface area contributed by atoms with Gasteiger partial charge in [-0.05, 0) is 122 Å². The fourth-order valence-electron chi connectivity index (χ4n) is 8.45. The maximum atomic E-state index is 13.0. The van der Waals surface area contributed by atoms with Gasteiger partial charge in [-0.15, -0.1) is 0 Å². The van der Waals surface area contributed by atoms with E-state index in [1.807, 2.05) is 0 Å². The maximum Gasteiger partial charge on any atom is 0.199 e. The second-order valence-electron chi connectivity index (χ2n) is 16.2. The summed E-state index contributed by atoms with van der Waals surface area (Å²) in [4.78, 5) is 0. The Balaban J connectivity index is 1.14. The monoisotopic (exact) mass is 826 g/mol. The molecular weight excluding hydrogens is 769 g/mol. The molecule has 0 aliphatic carbocycles. The van der Waals surface area contributed by atoms with Crippen molar-refractivity contribution in [1.82, 2.24) is 0 Å². The summed E-state index contributed by atoms with van der Waals surface area (Å²) in [6.07, 6.45) is 5.41. The van der Waals surface area contributed by atoms with Crippen molar-refractivity contribution in [2.75, 3.05) is 26.4 Å². The van der Waals surface area contributed by atoms with E-state index in [9.17, 15) is 20.4 Å². The third-order valence-electron chi connectivity index (χ3n) is 12.0. The van der Waals surface area contributed by atoms with Crippen molar-refractivity contribution in [3.8, 4) is 23.0 Å². The first kappa shape index (κ1) is 42.5. The van der Waals surface area contributed by atoms with Crippen LogP contribution in [-0.4, -0.2) is 84.2 Å². The van der Waals surface area contributed by atoms with Gasteiger partial charge in [0.15, 0.2) is 25.2 Å². The maximum absolute atomic E-state index is 13.0. The Hall–Kier alpha value is -4.24. The van der Waals surface area contributed by atoms with E-state index in [0.29, 0.717) is 49.4 Å². The van der Waals surface area contributed by atoms with E-state index in [-0.39, 0.29) is 47.4 Å². The standard InChI is InChI=1S/C48H58O12/c49-45(47(51,33-13-21-37(22-14-33)57-41-9-1-5-29-53-41)34-15-23-38(24-16-34)58-42-10-2-6-30-54-42)46(50)48(52,35-17-25-39(26-18-35)59-43-11-3-7-31-55-43)36-19-27-40(28-20-36)60-44-12-4-8-32-56-44/h13-28,41-46,49-52H,1-12,29-32H2/t41?,42?,43?,44?,45-,46-,47?,48?/m1/s1. The summed E-state index contributed by atoms with van der Waals surface area (Å²) in [6.45, 7) is 2.49. The van der Waals surface area contributed by atoms with Crippen molar-refractivity contribution in [1.29, 1.82) is 0 Å². The molecule has 12 heteroatoms. The van der Waals surface area contributed by atoms with Crippen LogP contribution in [0.2, 0.25) is 0 Å². The quantitative estimate of drug-likeness (QED) is 0.0959. The van der Waals surface area contributed by atoms with Crippen LogP contribution in [0, 0.1) is 0 Å². The van der Waals surface area contributed by atoms with Gasteiger partial charge in [0, 0.05) is 25.7 Å². The van der Waals surface area contributed by atoms with Crippen LogP contribution in [0.4, 0.5) is 0 Å². The number of ether oxygens (including phenoxy) is 8. The largest absolute Gasteiger partial charge is 0.465 e. The smallest absolute Gasteiger partial charge is 0.199 e. The first-order chi connectivity index (χ1) is 29.3. The zero-order valence-corrected chi connectivity index (χ0v) is 34.1. The molecule has 4 aromatic rings. The SMILES string of the molecule is O[C@H]([C@@H](O)C(O)(c1ccc(OC2CCCCO2)cc1)c1ccc(OC2CCCCO2)cc1)C(O)(c1ccc(OC2CCCCO2)cc1)c1ccc(OC2CCCCO2)cc1. The number of hydrogen-bond donors (Lipinski definition) is 4. The van der Waals surface area contributed by atoms with Gasteiger partial charge in [-0.25, -0.2) is 0 Å². The Labute approximate surface area is 351 Å². The van der Waals surface area contributed by atoms with E-state index in [2.05, 4.69) is 0 Å². The van der Waals surface area contributed by atoms with E-state index in [4.69, 9.17) is 37.9 Å². The Morgan fingerprint density at radius 2 is 0.583 bits per heavy atom. The molecule has 4 N–H and O–H groups in total. The summed E-state index contributed by atoms with van der Waals surface area (Å²) in [5.41, 5.74) is -3.52. The minimum Gasteiger partial charge on any atom is -0.465 e. The Morgan fingerprint density at radius 3 is 0.767 bits per heavy atom. The van der Waals surface area contributed by atoms with Gasteiger partial charge >= 0.3 is 0 Å². The third kappa shape index (κ3) is 9.77. The molecule has 4 unspecified atom stereocenters. The number of benzene rings is 4. The molecule has 0 saturated carbocycles. The number of aliphatic hydroxyl groups excluding tert-OH is 2. The van der Waals surface area contributed by atoms with Gasteiger partial charge in [-0.1, -0.05) is 48.5 Å². The average Bonchev–Trinajstić information content (AvgIpc) is 3.30. The Kier molecular flexibility index (Phi) is 13.9. The molecule has 0 radical (unpaired) electrons. The van der Waals surface area contributed by atoms with Gasteiger partial charge in [-0.3, -0.25) is 0 Å². The molecule has 4 fully saturated rings. The molecule has 0 aromatic heterocycles. The first-order valence-electron chi connectivity index (χ1n) is 21.6. The lowest BCUT2D eigenvalue weighted by molar-refractivity contribution is -0.167. The highest BCUT2D eigenvalue weighted by Crippen LogP contribution is 2.44. The van der Waals surface area contributed by atoms with Crippen LogP contribution in [0.25, 0.3) is 0 Å². The third-order valence-corrected chi connectivity index (χ3v) is 12.0. The predicted molar refractivity (Wildman–Crippen MR) is 221 cm³/mol. The van der Waals surface area contributed by atoms with Crippen molar-refractivity contribution < 1.29 is 58.3 Å². The molecule has 4 aromatic carbocycles. The van der Waals surface area contributed by atoms with Gasteiger partial charge in [0.2, 0.25) is 0 Å². The van der Waals surface area contributed by atoms with E-state index in [1.165, 1.54) is 0 Å². The average molecular weight is 827 g/mol. The van der Waals surface area contributed by atoms with Crippen LogP contribution in [0.3, 0.4) is 0 Å². The minimum atomic E-state index is -2.27. The van der Waals surface area contributed by atoms with Crippen molar-refractivity contribution in [2.24, 2.45) is 0 Å². The molecular formula is C48H58O12. The van der Waals surface area contributed by atoms with Gasteiger partial charge in [-0.2, -0.15) is 0 Å². The zero-order valence-electron chi connectivity index (χ0n) is 34.1. The van der Waals surface area contributed by atoms with E-state index in [1.54, 1.807) is 97.1 Å². The molecule has 6 atom stereocenters. The first-order valence-corrected chi connectivity index (χ1v) is 21.6. The predicted octanol–water partition coefficient (Wildman–Crippen LogP) is 7.20. The highest BCUT2D eigenvalue weighted by Gasteiger charge is 2.52. The minimum absolute atomic E-state index is 0.255. The second kappa shape index (κ2) is 19.6. The Morgan fingerprint density at radius 1 is 0.367 bits per heavy atom. The van der Waals surface area contributed by atoms with Crippen molar-refractivity contribution in [3.63, 3.8) is 0 Å². The van der Waals surface area contributed by atoms with E-state index < -0.39 is 23.4 Å². The highest BCUT2D eigenvalue weighted by atomic mass is 16.7. The molecule has 4 aliphatic rings. The van der Waals surface area contributed by atoms with Gasteiger partial charge in [0.25, 0.3) is 0 Å². The molecule has 0 spiro atoms. The molecule has 0 bridgehead atoms. The van der Waals surface area contributed by atoms with Crippen LogP contribution in [0.15, 0.2) is 97.1 Å². The van der Waals surface area contributed by atoms with Crippen LogP contribution in [0.1, 0.15) is 99.3 Å². The summed E-state index contributed by atoms with van der Waals surface area (Å²) < 4.78 is 47.5. The molecule has 4 heterocycles. The van der Waals surface area contributed by atoms with E-state index in [0.717, 1.165) is 77.0 Å². The van der Waals surface area contributed by atoms with Crippen molar-refractivity contribution >= 4 is 0 Å².